The van der Waals surface area contributed by atoms with E-state index in [0.29, 0.717) is 29.2 Å². The Morgan fingerprint density at radius 1 is 0.817 bits per heavy atom. The van der Waals surface area contributed by atoms with E-state index in [0.717, 1.165) is 73.0 Å². The zero-order valence-corrected chi connectivity index (χ0v) is 33.6. The highest BCUT2D eigenvalue weighted by atomic mass is 15.3. The van der Waals surface area contributed by atoms with Crippen LogP contribution in [0.3, 0.4) is 0 Å². The van der Waals surface area contributed by atoms with Gasteiger partial charge in [0.1, 0.15) is 23.8 Å². The number of benzene rings is 6. The summed E-state index contributed by atoms with van der Waals surface area (Å²) >= 11 is 0. The van der Waals surface area contributed by atoms with Gasteiger partial charge in [-0.3, -0.25) is 9.80 Å². The van der Waals surface area contributed by atoms with E-state index >= 15 is 0 Å². The predicted molar refractivity (Wildman–Crippen MR) is 247 cm³/mol. The molecule has 2 aliphatic rings. The van der Waals surface area contributed by atoms with Gasteiger partial charge in [-0.15, -0.1) is 0 Å². The Morgan fingerprint density at radius 2 is 1.58 bits per heavy atom. The number of anilines is 3. The maximum Gasteiger partial charge on any atom is 0.137 e. The summed E-state index contributed by atoms with van der Waals surface area (Å²) in [5, 5.41) is 30.3. The van der Waals surface area contributed by atoms with Crippen LogP contribution >= 0.6 is 0 Å². The van der Waals surface area contributed by atoms with Gasteiger partial charge in [-0.05, 0) is 106 Å². The first-order chi connectivity index (χ1) is 29.4. The number of hydrogen-bond acceptors (Lipinski definition) is 6. The minimum absolute atomic E-state index is 0.175. The van der Waals surface area contributed by atoms with Gasteiger partial charge >= 0.3 is 0 Å². The molecule has 1 N–H and O–H groups in total. The third kappa shape index (κ3) is 6.81. The summed E-state index contributed by atoms with van der Waals surface area (Å²) in [4.78, 5) is 9.16. The Bertz CT molecular complexity index is 3070. The maximum absolute atomic E-state index is 10.7. The van der Waals surface area contributed by atoms with Crippen LogP contribution in [-0.4, -0.2) is 11.5 Å². The lowest BCUT2D eigenvalue weighted by Gasteiger charge is -2.36. The van der Waals surface area contributed by atoms with Crippen molar-refractivity contribution in [1.29, 1.82) is 10.5 Å². The topological polar surface area (TPSA) is 79.0 Å². The average molecular weight is 775 g/mol. The molecule has 60 heavy (non-hydrogen) atoms. The number of rotatable bonds is 10. The summed E-state index contributed by atoms with van der Waals surface area (Å²) in [6, 6.07) is 50.6. The van der Waals surface area contributed by atoms with Crippen molar-refractivity contribution in [2.45, 2.75) is 26.2 Å². The van der Waals surface area contributed by atoms with Crippen molar-refractivity contribution >= 4 is 50.0 Å². The van der Waals surface area contributed by atoms with Gasteiger partial charge < -0.3 is 5.32 Å². The molecule has 0 spiro atoms. The largest absolute Gasteiger partial charge is 0.368 e. The van der Waals surface area contributed by atoms with Crippen LogP contribution in [0, 0.1) is 22.7 Å². The minimum Gasteiger partial charge on any atom is -0.368 e. The van der Waals surface area contributed by atoms with Gasteiger partial charge in [0.05, 0.1) is 28.2 Å². The van der Waals surface area contributed by atoms with Gasteiger partial charge in [-0.1, -0.05) is 135 Å². The van der Waals surface area contributed by atoms with Crippen LogP contribution in [0.4, 0.5) is 17.2 Å². The van der Waals surface area contributed by atoms with Crippen LogP contribution in [-0.2, 0) is 0 Å². The van der Waals surface area contributed by atoms with Gasteiger partial charge in [0.25, 0.3) is 0 Å². The predicted octanol–water partition coefficient (Wildman–Crippen LogP) is 12.0. The lowest BCUT2D eigenvalue weighted by atomic mass is 9.82. The second-order valence-electron chi connectivity index (χ2n) is 15.2. The molecule has 6 nitrogen and oxygen atoms in total. The van der Waals surface area contributed by atoms with Crippen LogP contribution in [0.25, 0.3) is 43.9 Å². The highest BCUT2D eigenvalue weighted by Crippen LogP contribution is 2.45. The van der Waals surface area contributed by atoms with Crippen LogP contribution in [0.15, 0.2) is 194 Å². The lowest BCUT2D eigenvalue weighted by Crippen LogP contribution is -2.37. The summed E-state index contributed by atoms with van der Waals surface area (Å²) in [5.41, 5.74) is 9.88. The molecule has 6 heteroatoms. The summed E-state index contributed by atoms with van der Waals surface area (Å²) in [6.45, 7) is 9.29. The number of dihydropyridines is 1. The second-order valence-corrected chi connectivity index (χ2v) is 15.2. The van der Waals surface area contributed by atoms with Crippen LogP contribution in [0.1, 0.15) is 42.9 Å². The fourth-order valence-corrected chi connectivity index (χ4v) is 8.61. The van der Waals surface area contributed by atoms with Gasteiger partial charge in [0, 0.05) is 29.0 Å². The fraction of sp³-hybridized carbons (Fsp3) is 0.0926. The maximum atomic E-state index is 10.7. The normalized spacial score (nSPS) is 14.9. The van der Waals surface area contributed by atoms with Crippen molar-refractivity contribution < 1.29 is 0 Å². The standard InChI is InChI=1S/C54H42N6/c1-36(39-14-6-4-7-15-39)20-27-47(38(3)34-55)59(51-18-10-12-30-57-51)49-29-22-41-21-24-46-50(32-37(2)44-25-26-45(49)53(41)54(44)46)60(52-19-11-13-31-58-52)48-28-23-42(33-43(48)35-56)40-16-8-5-9-17-40/h4-30,33,37,58H,3,31-32H2,1-2H3/b36-20+,47-27+. The zero-order valence-electron chi connectivity index (χ0n) is 33.6. The number of aromatic nitrogens is 1. The summed E-state index contributed by atoms with van der Waals surface area (Å²) in [7, 11) is 0. The molecule has 1 aliphatic carbocycles. The smallest absolute Gasteiger partial charge is 0.137 e. The van der Waals surface area contributed by atoms with E-state index in [2.05, 4.69) is 139 Å². The number of nitrogens with zero attached hydrogens (tertiary/aromatic N) is 5. The molecule has 288 valence electrons. The molecular formula is C54H42N6. The molecular weight excluding hydrogens is 733 g/mol. The minimum atomic E-state index is 0.175. The van der Waals surface area contributed by atoms with Crippen LogP contribution in [0.5, 0.6) is 0 Å². The lowest BCUT2D eigenvalue weighted by molar-refractivity contribution is 0.758. The monoisotopic (exact) mass is 774 g/mol. The van der Waals surface area contributed by atoms with Crippen molar-refractivity contribution in [3.63, 3.8) is 0 Å². The highest BCUT2D eigenvalue weighted by molar-refractivity contribution is 6.17. The fourth-order valence-electron chi connectivity index (χ4n) is 8.61. The number of pyridine rings is 1. The molecule has 0 amide bonds. The van der Waals surface area contributed by atoms with Gasteiger partial charge in [0.2, 0.25) is 0 Å². The van der Waals surface area contributed by atoms with E-state index in [-0.39, 0.29) is 5.92 Å². The van der Waals surface area contributed by atoms with E-state index in [1.54, 1.807) is 6.20 Å². The highest BCUT2D eigenvalue weighted by Gasteiger charge is 2.30. The molecule has 0 fully saturated rings. The third-order valence-corrected chi connectivity index (χ3v) is 11.6. The van der Waals surface area contributed by atoms with Crippen molar-refractivity contribution in [1.82, 2.24) is 10.3 Å². The second kappa shape index (κ2) is 16.1. The van der Waals surface area contributed by atoms with Crippen molar-refractivity contribution in [3.8, 4) is 23.3 Å². The molecule has 1 unspecified atom stereocenters. The molecule has 2 heterocycles. The molecule has 0 radical (unpaired) electrons. The first-order valence-electron chi connectivity index (χ1n) is 20.2. The van der Waals surface area contributed by atoms with Gasteiger partial charge in [-0.25, -0.2) is 4.98 Å². The van der Waals surface area contributed by atoms with E-state index < -0.39 is 0 Å². The zero-order chi connectivity index (χ0) is 41.2. The van der Waals surface area contributed by atoms with Crippen LogP contribution < -0.4 is 20.3 Å². The average Bonchev–Trinajstić information content (AvgIpc) is 3.31. The van der Waals surface area contributed by atoms with Crippen molar-refractivity contribution in [2.24, 2.45) is 0 Å². The SMILES string of the molecule is C=C(C#N)/C(=C\C=C(/C)c1ccccc1)N(c1ccccn1)c1ccc2ccc3c4c(ccc1c24)C(C)CC=3N(C1=CC=CCN1)c1ccc(-c2ccccc2)cc1C#N. The summed E-state index contributed by atoms with van der Waals surface area (Å²) in [5.74, 6) is 1.77. The molecule has 0 bridgehead atoms. The molecule has 0 saturated heterocycles. The first kappa shape index (κ1) is 37.6. The molecule has 1 aliphatic heterocycles. The van der Waals surface area contributed by atoms with E-state index in [4.69, 9.17) is 4.98 Å². The third-order valence-electron chi connectivity index (χ3n) is 11.6. The quantitative estimate of drug-likeness (QED) is 0.110. The molecule has 1 atom stereocenters. The first-order valence-corrected chi connectivity index (χ1v) is 20.2. The van der Waals surface area contributed by atoms with Gasteiger partial charge in [0.15, 0.2) is 0 Å². The Morgan fingerprint density at radius 3 is 2.32 bits per heavy atom. The Hall–Kier alpha value is -7.93. The molecule has 7 aromatic rings. The van der Waals surface area contributed by atoms with Crippen molar-refractivity contribution in [2.75, 3.05) is 16.3 Å². The molecule has 6 aromatic carbocycles. The molecule has 0 saturated carbocycles. The number of nitrogens with one attached hydrogen (secondary N) is 1. The van der Waals surface area contributed by atoms with Crippen LogP contribution in [0.2, 0.25) is 0 Å². The van der Waals surface area contributed by atoms with E-state index in [1.807, 2.05) is 72.8 Å². The van der Waals surface area contributed by atoms with E-state index in [9.17, 15) is 10.5 Å². The summed E-state index contributed by atoms with van der Waals surface area (Å²) < 4.78 is 0. The molecule has 1 aromatic heterocycles. The van der Waals surface area contributed by atoms with Crippen molar-refractivity contribution in [3.05, 3.63) is 216 Å². The number of allylic oxidation sites excluding steroid dienone is 6. The summed E-state index contributed by atoms with van der Waals surface area (Å²) in [6.07, 6.45) is 12.8. The van der Waals surface area contributed by atoms with Gasteiger partial charge in [-0.2, -0.15) is 10.5 Å². The molecule has 9 rings (SSSR count). The van der Waals surface area contributed by atoms with E-state index in [1.165, 1.54) is 10.9 Å². The Labute approximate surface area is 351 Å². The Balaban J connectivity index is 1.30. The Kier molecular flexibility index (Phi) is 10.1. The number of hydrogen-bond donors (Lipinski definition) is 1. The number of nitriles is 2.